The molecule has 3 aromatic rings. The molecule has 0 aliphatic rings. The van der Waals surface area contributed by atoms with Crippen LogP contribution in [0.25, 0.3) is 0 Å². The zero-order valence-electron chi connectivity index (χ0n) is 13.6. The molecule has 0 aliphatic carbocycles. The van der Waals surface area contributed by atoms with Gasteiger partial charge in [0.2, 0.25) is 5.89 Å². The molecule has 24 heavy (non-hydrogen) atoms. The zero-order valence-corrected chi connectivity index (χ0v) is 14.5. The number of halogens is 1. The van der Waals surface area contributed by atoms with Crippen molar-refractivity contribution < 1.29 is 8.81 Å². The Morgan fingerprint density at radius 1 is 0.958 bits per heavy atom. The van der Waals surface area contributed by atoms with Crippen molar-refractivity contribution in [3.05, 3.63) is 77.4 Å². The first kappa shape index (κ1) is 16.7. The molecule has 0 N–H and O–H groups in total. The van der Waals surface area contributed by atoms with Crippen LogP contribution in [0.15, 0.2) is 64.2 Å². The van der Waals surface area contributed by atoms with Crippen molar-refractivity contribution in [2.75, 3.05) is 0 Å². The van der Waals surface area contributed by atoms with Gasteiger partial charge in [-0.15, -0.1) is 10.2 Å². The first-order valence-corrected chi connectivity index (χ1v) is 8.79. The van der Waals surface area contributed by atoms with E-state index in [-0.39, 0.29) is 11.1 Å². The molecule has 0 bridgehead atoms. The molecule has 2 unspecified atom stereocenters. The van der Waals surface area contributed by atoms with E-state index in [2.05, 4.69) is 29.3 Å². The van der Waals surface area contributed by atoms with Gasteiger partial charge in [-0.1, -0.05) is 61.2 Å². The van der Waals surface area contributed by atoms with E-state index in [0.29, 0.717) is 23.5 Å². The Morgan fingerprint density at radius 3 is 2.38 bits per heavy atom. The average molecular weight is 342 g/mol. The van der Waals surface area contributed by atoms with Crippen LogP contribution < -0.4 is 0 Å². The van der Waals surface area contributed by atoms with Gasteiger partial charge in [-0.2, -0.15) is 0 Å². The molecule has 1 heterocycles. The minimum absolute atomic E-state index is 0.116. The Morgan fingerprint density at radius 2 is 1.67 bits per heavy atom. The monoisotopic (exact) mass is 342 g/mol. The molecule has 0 fully saturated rings. The third-order valence-electron chi connectivity index (χ3n) is 3.91. The second-order valence-electron chi connectivity index (χ2n) is 5.79. The van der Waals surface area contributed by atoms with Gasteiger partial charge in [0.1, 0.15) is 5.82 Å². The fraction of sp³-hybridized carbons (Fsp3) is 0.263. The molecular weight excluding hydrogens is 323 g/mol. The first-order valence-electron chi connectivity index (χ1n) is 7.91. The maximum Gasteiger partial charge on any atom is 0.277 e. The number of benzene rings is 2. The van der Waals surface area contributed by atoms with E-state index in [1.54, 1.807) is 12.1 Å². The van der Waals surface area contributed by atoms with Crippen LogP contribution in [-0.2, 0) is 6.42 Å². The topological polar surface area (TPSA) is 38.9 Å². The van der Waals surface area contributed by atoms with Gasteiger partial charge < -0.3 is 4.42 Å². The third kappa shape index (κ3) is 4.23. The van der Waals surface area contributed by atoms with Crippen LogP contribution in [0.3, 0.4) is 0 Å². The predicted molar refractivity (Wildman–Crippen MR) is 93.5 cm³/mol. The molecule has 2 aromatic carbocycles. The molecule has 3 rings (SSSR count). The predicted octanol–water partition coefficient (Wildman–Crippen LogP) is 5.41. The largest absolute Gasteiger partial charge is 0.416 e. The van der Waals surface area contributed by atoms with Gasteiger partial charge in [-0.3, -0.25) is 0 Å². The van der Waals surface area contributed by atoms with Crippen LogP contribution >= 0.6 is 11.8 Å². The van der Waals surface area contributed by atoms with Gasteiger partial charge in [0.15, 0.2) is 0 Å². The highest BCUT2D eigenvalue weighted by atomic mass is 32.2. The maximum atomic E-state index is 13.0. The lowest BCUT2D eigenvalue weighted by Crippen LogP contribution is -1.98. The molecule has 0 aliphatic heterocycles. The molecule has 3 nitrogen and oxygen atoms in total. The minimum atomic E-state index is -0.231. The number of rotatable bonds is 6. The zero-order chi connectivity index (χ0) is 16.9. The highest BCUT2D eigenvalue weighted by Gasteiger charge is 2.15. The van der Waals surface area contributed by atoms with Crippen LogP contribution in [0, 0.1) is 5.82 Å². The highest BCUT2D eigenvalue weighted by Crippen LogP contribution is 2.34. The fourth-order valence-corrected chi connectivity index (χ4v) is 3.31. The molecule has 5 heteroatoms. The minimum Gasteiger partial charge on any atom is -0.416 e. The Hall–Kier alpha value is -2.14. The Labute approximate surface area is 145 Å². The summed E-state index contributed by atoms with van der Waals surface area (Å²) >= 11 is 1.48. The Kier molecular flexibility index (Phi) is 5.30. The highest BCUT2D eigenvalue weighted by molar-refractivity contribution is 7.99. The van der Waals surface area contributed by atoms with Crippen molar-refractivity contribution in [3.63, 3.8) is 0 Å². The molecule has 124 valence electrons. The van der Waals surface area contributed by atoms with Crippen molar-refractivity contribution in [2.45, 2.75) is 36.7 Å². The molecule has 1 aromatic heterocycles. The third-order valence-corrected chi connectivity index (χ3v) is 4.91. The van der Waals surface area contributed by atoms with E-state index in [1.165, 1.54) is 29.5 Å². The SMILES string of the molecule is CC(Cc1nnc(SC(C)c2ccc(F)cc2)o1)c1ccccc1. The Bertz CT molecular complexity index is 774. The van der Waals surface area contributed by atoms with Gasteiger partial charge >= 0.3 is 0 Å². The van der Waals surface area contributed by atoms with E-state index in [9.17, 15) is 4.39 Å². The van der Waals surface area contributed by atoms with E-state index in [0.717, 1.165) is 5.56 Å². The summed E-state index contributed by atoms with van der Waals surface area (Å²) in [5.41, 5.74) is 2.28. The Balaban J connectivity index is 1.62. The number of thioether (sulfide) groups is 1. The molecular formula is C19H19FN2OS. The van der Waals surface area contributed by atoms with Crippen LogP contribution in [0.5, 0.6) is 0 Å². The maximum absolute atomic E-state index is 13.0. The summed E-state index contributed by atoms with van der Waals surface area (Å²) in [4.78, 5) is 0. The second kappa shape index (κ2) is 7.62. The number of hydrogen-bond acceptors (Lipinski definition) is 4. The standard InChI is InChI=1S/C19H19FN2OS/c1-13(15-6-4-3-5-7-15)12-18-21-22-19(23-18)24-14(2)16-8-10-17(20)11-9-16/h3-11,13-14H,12H2,1-2H3. The summed E-state index contributed by atoms with van der Waals surface area (Å²) < 4.78 is 18.8. The van der Waals surface area contributed by atoms with E-state index in [1.807, 2.05) is 25.1 Å². The second-order valence-corrected chi connectivity index (χ2v) is 7.08. The van der Waals surface area contributed by atoms with Crippen molar-refractivity contribution >= 4 is 11.8 Å². The summed E-state index contributed by atoms with van der Waals surface area (Å²) in [5, 5.41) is 8.92. The first-order chi connectivity index (χ1) is 11.6. The number of aromatic nitrogens is 2. The summed E-state index contributed by atoms with van der Waals surface area (Å²) in [6.45, 7) is 4.18. The van der Waals surface area contributed by atoms with Crippen LogP contribution in [-0.4, -0.2) is 10.2 Å². The number of nitrogens with zero attached hydrogens (tertiary/aromatic N) is 2. The van der Waals surface area contributed by atoms with Crippen molar-refractivity contribution in [3.8, 4) is 0 Å². The molecule has 0 spiro atoms. The summed E-state index contributed by atoms with van der Waals surface area (Å²) in [6, 6.07) is 16.8. The van der Waals surface area contributed by atoms with Gasteiger partial charge in [0, 0.05) is 11.7 Å². The smallest absolute Gasteiger partial charge is 0.277 e. The number of hydrogen-bond donors (Lipinski definition) is 0. The quantitative estimate of drug-likeness (QED) is 0.562. The fourth-order valence-electron chi connectivity index (χ4n) is 2.48. The van der Waals surface area contributed by atoms with E-state index >= 15 is 0 Å². The normalized spacial score (nSPS) is 13.6. The lowest BCUT2D eigenvalue weighted by Gasteiger charge is -2.09. The summed E-state index contributed by atoms with van der Waals surface area (Å²) in [5.74, 6) is 0.727. The van der Waals surface area contributed by atoms with Crippen molar-refractivity contribution in [2.24, 2.45) is 0 Å². The lowest BCUT2D eigenvalue weighted by atomic mass is 9.98. The van der Waals surface area contributed by atoms with Gasteiger partial charge in [0.25, 0.3) is 5.22 Å². The molecule has 2 atom stereocenters. The van der Waals surface area contributed by atoms with E-state index < -0.39 is 0 Å². The van der Waals surface area contributed by atoms with E-state index in [4.69, 9.17) is 4.42 Å². The van der Waals surface area contributed by atoms with Crippen LogP contribution in [0.4, 0.5) is 4.39 Å². The van der Waals surface area contributed by atoms with Gasteiger partial charge in [-0.05, 0) is 36.1 Å². The molecule has 0 radical (unpaired) electrons. The average Bonchev–Trinajstić information content (AvgIpc) is 3.03. The molecule has 0 saturated heterocycles. The molecule has 0 amide bonds. The van der Waals surface area contributed by atoms with Crippen molar-refractivity contribution in [1.29, 1.82) is 0 Å². The summed E-state index contributed by atoms with van der Waals surface area (Å²) in [6.07, 6.45) is 0.711. The molecule has 0 saturated carbocycles. The van der Waals surface area contributed by atoms with Crippen LogP contribution in [0.2, 0.25) is 0 Å². The van der Waals surface area contributed by atoms with Gasteiger partial charge in [0.05, 0.1) is 0 Å². The lowest BCUT2D eigenvalue weighted by molar-refractivity contribution is 0.404. The van der Waals surface area contributed by atoms with Gasteiger partial charge in [-0.25, -0.2) is 4.39 Å². The van der Waals surface area contributed by atoms with Crippen molar-refractivity contribution in [1.82, 2.24) is 10.2 Å². The van der Waals surface area contributed by atoms with Crippen LogP contribution in [0.1, 0.15) is 42.0 Å². The summed E-state index contributed by atoms with van der Waals surface area (Å²) in [7, 11) is 0.